The van der Waals surface area contributed by atoms with Crippen molar-refractivity contribution in [1.82, 2.24) is 15.0 Å². The molecule has 4 nitrogen and oxygen atoms in total. The van der Waals surface area contributed by atoms with E-state index in [2.05, 4.69) is 15.0 Å². The van der Waals surface area contributed by atoms with Crippen LogP contribution in [0.4, 0.5) is 0 Å². The predicted octanol–water partition coefficient (Wildman–Crippen LogP) is 2.36. The summed E-state index contributed by atoms with van der Waals surface area (Å²) in [6.45, 7) is 5.29. The molecule has 0 atom stereocenters. The van der Waals surface area contributed by atoms with Crippen molar-refractivity contribution in [3.63, 3.8) is 0 Å². The molecule has 0 unspecified atom stereocenters. The molecule has 0 aliphatic carbocycles. The fraction of sp³-hybridized carbons (Fsp3) is 0.231. The van der Waals surface area contributed by atoms with Gasteiger partial charge in [0.05, 0.1) is 11.3 Å². The second-order valence-corrected chi connectivity index (χ2v) is 3.94. The van der Waals surface area contributed by atoms with Gasteiger partial charge in [-0.15, -0.1) is 0 Å². The lowest BCUT2D eigenvalue weighted by Crippen LogP contribution is -2.02. The highest BCUT2D eigenvalue weighted by Gasteiger charge is 2.09. The number of ketones is 1. The molecule has 0 aliphatic heterocycles. The molecule has 0 fully saturated rings. The lowest BCUT2D eigenvalue weighted by atomic mass is 10.1. The van der Waals surface area contributed by atoms with Crippen molar-refractivity contribution in [3.05, 3.63) is 41.5 Å². The number of rotatable bonds is 2. The molecule has 0 saturated carbocycles. The third-order valence-electron chi connectivity index (χ3n) is 2.62. The van der Waals surface area contributed by atoms with E-state index in [1.165, 1.54) is 6.92 Å². The molecule has 2 aromatic rings. The van der Waals surface area contributed by atoms with Gasteiger partial charge < -0.3 is 0 Å². The quantitative estimate of drug-likeness (QED) is 0.739. The molecule has 86 valence electrons. The van der Waals surface area contributed by atoms with Crippen LogP contribution in [0.5, 0.6) is 0 Å². The molecule has 2 aromatic heterocycles. The van der Waals surface area contributed by atoms with Gasteiger partial charge in [0.1, 0.15) is 0 Å². The summed E-state index contributed by atoms with van der Waals surface area (Å²) in [5.41, 5.74) is 3.24. The van der Waals surface area contributed by atoms with Gasteiger partial charge in [0, 0.05) is 24.2 Å². The fourth-order valence-corrected chi connectivity index (χ4v) is 1.67. The highest BCUT2D eigenvalue weighted by molar-refractivity contribution is 5.94. The van der Waals surface area contributed by atoms with Crippen LogP contribution in [0.3, 0.4) is 0 Å². The van der Waals surface area contributed by atoms with Crippen LogP contribution in [0.2, 0.25) is 0 Å². The summed E-state index contributed by atoms with van der Waals surface area (Å²) in [4.78, 5) is 23.9. The first kappa shape index (κ1) is 11.4. The Labute approximate surface area is 99.8 Å². The minimum Gasteiger partial charge on any atom is -0.294 e. The standard InChI is InChI=1S/C13H13N3O/c1-8-6-14-5-4-11(8)13-15-7-12(10(3)17)9(2)16-13/h4-7H,1-3H3. The van der Waals surface area contributed by atoms with Crippen LogP contribution < -0.4 is 0 Å². The van der Waals surface area contributed by atoms with Crippen LogP contribution in [0, 0.1) is 13.8 Å². The Bertz CT molecular complexity index is 579. The molecule has 0 amide bonds. The van der Waals surface area contributed by atoms with Crippen molar-refractivity contribution in [2.75, 3.05) is 0 Å². The third kappa shape index (κ3) is 2.20. The summed E-state index contributed by atoms with van der Waals surface area (Å²) < 4.78 is 0. The zero-order chi connectivity index (χ0) is 12.4. The van der Waals surface area contributed by atoms with Gasteiger partial charge in [0.25, 0.3) is 0 Å². The SMILES string of the molecule is CC(=O)c1cnc(-c2ccncc2C)nc1C. The van der Waals surface area contributed by atoms with E-state index < -0.39 is 0 Å². The Hall–Kier alpha value is -2.10. The van der Waals surface area contributed by atoms with Crippen LogP contribution in [-0.4, -0.2) is 20.7 Å². The highest BCUT2D eigenvalue weighted by atomic mass is 16.1. The first-order valence-corrected chi connectivity index (χ1v) is 5.35. The number of hydrogen-bond acceptors (Lipinski definition) is 4. The number of hydrogen-bond donors (Lipinski definition) is 0. The Morgan fingerprint density at radius 3 is 2.59 bits per heavy atom. The summed E-state index contributed by atoms with van der Waals surface area (Å²) in [5, 5.41) is 0. The second kappa shape index (κ2) is 4.41. The van der Waals surface area contributed by atoms with Crippen LogP contribution in [0.1, 0.15) is 28.5 Å². The molecular weight excluding hydrogens is 214 g/mol. The van der Waals surface area contributed by atoms with Crippen LogP contribution in [0.25, 0.3) is 11.4 Å². The minimum absolute atomic E-state index is 0.0134. The molecule has 17 heavy (non-hydrogen) atoms. The summed E-state index contributed by atoms with van der Waals surface area (Å²) in [6, 6.07) is 1.87. The highest BCUT2D eigenvalue weighted by Crippen LogP contribution is 2.19. The molecule has 0 bridgehead atoms. The minimum atomic E-state index is -0.0134. The molecule has 2 rings (SSSR count). The van der Waals surface area contributed by atoms with E-state index in [9.17, 15) is 4.79 Å². The van der Waals surface area contributed by atoms with Crippen molar-refractivity contribution in [3.8, 4) is 11.4 Å². The number of Topliss-reactive ketones (excluding diaryl/α,β-unsaturated/α-hetero) is 1. The zero-order valence-electron chi connectivity index (χ0n) is 10.1. The van der Waals surface area contributed by atoms with Crippen LogP contribution in [-0.2, 0) is 0 Å². The molecule has 0 N–H and O–H groups in total. The van der Waals surface area contributed by atoms with E-state index in [1.807, 2.05) is 19.9 Å². The lowest BCUT2D eigenvalue weighted by Gasteiger charge is -2.06. The van der Waals surface area contributed by atoms with E-state index in [-0.39, 0.29) is 5.78 Å². The van der Waals surface area contributed by atoms with E-state index in [0.29, 0.717) is 17.1 Å². The first-order chi connectivity index (χ1) is 8.09. The van der Waals surface area contributed by atoms with Crippen molar-refractivity contribution in [2.24, 2.45) is 0 Å². The average Bonchev–Trinajstić information content (AvgIpc) is 2.29. The number of carbonyl (C=O) groups excluding carboxylic acids is 1. The molecule has 4 heteroatoms. The molecule has 0 aliphatic rings. The molecule has 0 radical (unpaired) electrons. The average molecular weight is 227 g/mol. The van der Waals surface area contributed by atoms with Gasteiger partial charge in [-0.1, -0.05) is 0 Å². The number of nitrogens with zero attached hydrogens (tertiary/aromatic N) is 3. The maximum absolute atomic E-state index is 11.3. The molecular formula is C13H13N3O. The van der Waals surface area contributed by atoms with Gasteiger partial charge in [0.2, 0.25) is 0 Å². The van der Waals surface area contributed by atoms with Gasteiger partial charge >= 0.3 is 0 Å². The van der Waals surface area contributed by atoms with Crippen molar-refractivity contribution in [2.45, 2.75) is 20.8 Å². The van der Waals surface area contributed by atoms with E-state index in [0.717, 1.165) is 11.1 Å². The normalized spacial score (nSPS) is 10.3. The van der Waals surface area contributed by atoms with Crippen molar-refractivity contribution >= 4 is 5.78 Å². The van der Waals surface area contributed by atoms with Gasteiger partial charge in [-0.05, 0) is 32.4 Å². The van der Waals surface area contributed by atoms with Gasteiger partial charge in [-0.2, -0.15) is 0 Å². The predicted molar refractivity (Wildman–Crippen MR) is 64.7 cm³/mol. The number of pyridine rings is 1. The monoisotopic (exact) mass is 227 g/mol. The molecule has 0 spiro atoms. The van der Waals surface area contributed by atoms with E-state index in [4.69, 9.17) is 0 Å². The Morgan fingerprint density at radius 2 is 2.00 bits per heavy atom. The van der Waals surface area contributed by atoms with E-state index >= 15 is 0 Å². The number of aromatic nitrogens is 3. The fourth-order valence-electron chi connectivity index (χ4n) is 1.67. The van der Waals surface area contributed by atoms with Gasteiger partial charge in [-0.25, -0.2) is 9.97 Å². The van der Waals surface area contributed by atoms with Gasteiger partial charge in [-0.3, -0.25) is 9.78 Å². The Morgan fingerprint density at radius 1 is 1.24 bits per heavy atom. The maximum Gasteiger partial charge on any atom is 0.163 e. The summed E-state index contributed by atoms with van der Waals surface area (Å²) >= 11 is 0. The second-order valence-electron chi connectivity index (χ2n) is 3.94. The topological polar surface area (TPSA) is 55.7 Å². The van der Waals surface area contributed by atoms with Crippen LogP contribution in [0.15, 0.2) is 24.7 Å². The Balaban J connectivity index is 2.52. The van der Waals surface area contributed by atoms with Crippen molar-refractivity contribution < 1.29 is 4.79 Å². The van der Waals surface area contributed by atoms with E-state index in [1.54, 1.807) is 18.6 Å². The zero-order valence-corrected chi connectivity index (χ0v) is 10.1. The number of carbonyl (C=O) groups is 1. The third-order valence-corrected chi connectivity index (χ3v) is 2.62. The largest absolute Gasteiger partial charge is 0.294 e. The molecule has 0 saturated heterocycles. The van der Waals surface area contributed by atoms with Crippen LogP contribution >= 0.6 is 0 Å². The molecule has 0 aromatic carbocycles. The number of aryl methyl sites for hydroxylation is 2. The lowest BCUT2D eigenvalue weighted by molar-refractivity contribution is 0.101. The summed E-state index contributed by atoms with van der Waals surface area (Å²) in [5.74, 6) is 0.618. The summed E-state index contributed by atoms with van der Waals surface area (Å²) in [6.07, 6.45) is 5.06. The van der Waals surface area contributed by atoms with Gasteiger partial charge in [0.15, 0.2) is 11.6 Å². The first-order valence-electron chi connectivity index (χ1n) is 5.35. The summed E-state index contributed by atoms with van der Waals surface area (Å²) in [7, 11) is 0. The van der Waals surface area contributed by atoms with Crippen molar-refractivity contribution in [1.29, 1.82) is 0 Å². The Kier molecular flexibility index (Phi) is 2.95. The molecule has 2 heterocycles. The smallest absolute Gasteiger partial charge is 0.163 e. The maximum atomic E-state index is 11.3.